The largest absolute Gasteiger partial charge is 0.492 e. The normalized spacial score (nSPS) is 12.8. The van der Waals surface area contributed by atoms with Gasteiger partial charge in [0.2, 0.25) is 5.95 Å². The molecule has 2 aromatic carbocycles. The highest BCUT2D eigenvalue weighted by atomic mass is 35.5. The van der Waals surface area contributed by atoms with Gasteiger partial charge < -0.3 is 20.1 Å². The molecular formula is C17H18Cl2N4O3. The minimum atomic E-state index is -1.15. The lowest BCUT2D eigenvalue weighted by molar-refractivity contribution is 0.209. The van der Waals surface area contributed by atoms with Crippen LogP contribution in [-0.4, -0.2) is 34.3 Å². The summed E-state index contributed by atoms with van der Waals surface area (Å²) in [4.78, 5) is 17.9. The Bertz CT molecular complexity index is 930. The molecule has 138 valence electrons. The second-order valence-electron chi connectivity index (χ2n) is 5.60. The minimum absolute atomic E-state index is 0. The summed E-state index contributed by atoms with van der Waals surface area (Å²) in [6.45, 7) is 2.29. The van der Waals surface area contributed by atoms with Crippen molar-refractivity contribution in [1.82, 2.24) is 15.3 Å². The number of imidazole rings is 1. The molecule has 4 rings (SSSR count). The van der Waals surface area contributed by atoms with Crippen LogP contribution in [0.3, 0.4) is 0 Å². The number of nitrogens with zero attached hydrogens (tertiary/aromatic N) is 1. The van der Waals surface area contributed by atoms with Gasteiger partial charge in [0.1, 0.15) is 12.4 Å². The third kappa shape index (κ3) is 4.01. The number of rotatable bonds is 2. The third-order valence-corrected chi connectivity index (χ3v) is 3.95. The van der Waals surface area contributed by atoms with Gasteiger partial charge in [-0.15, -0.1) is 24.8 Å². The zero-order valence-electron chi connectivity index (χ0n) is 13.6. The number of carboxylic acid groups (broad SMARTS) is 1. The van der Waals surface area contributed by atoms with E-state index in [2.05, 4.69) is 26.7 Å². The summed E-state index contributed by atoms with van der Waals surface area (Å²) < 4.78 is 5.71. The summed E-state index contributed by atoms with van der Waals surface area (Å²) >= 11 is 0. The van der Waals surface area contributed by atoms with Crippen LogP contribution in [0.1, 0.15) is 5.56 Å². The van der Waals surface area contributed by atoms with Crippen LogP contribution >= 0.6 is 24.8 Å². The number of ether oxygens (including phenoxy) is 1. The number of hydrogen-bond acceptors (Lipinski definition) is 4. The van der Waals surface area contributed by atoms with Crippen LogP contribution in [0.5, 0.6) is 5.75 Å². The highest BCUT2D eigenvalue weighted by Crippen LogP contribution is 2.29. The highest BCUT2D eigenvalue weighted by molar-refractivity contribution is 5.87. The molecule has 1 aliphatic heterocycles. The monoisotopic (exact) mass is 396 g/mol. The number of aromatic amines is 1. The molecule has 9 heteroatoms. The van der Waals surface area contributed by atoms with E-state index in [4.69, 9.17) is 9.84 Å². The molecule has 0 saturated heterocycles. The highest BCUT2D eigenvalue weighted by Gasteiger charge is 2.11. The number of halogens is 2. The lowest BCUT2D eigenvalue weighted by atomic mass is 10.0. The van der Waals surface area contributed by atoms with Crippen LogP contribution < -0.4 is 15.4 Å². The summed E-state index contributed by atoms with van der Waals surface area (Å²) in [5, 5.41) is 14.3. The molecule has 0 fully saturated rings. The van der Waals surface area contributed by atoms with E-state index < -0.39 is 6.09 Å². The van der Waals surface area contributed by atoms with Crippen molar-refractivity contribution in [2.24, 2.45) is 0 Å². The number of benzene rings is 2. The molecule has 1 aliphatic rings. The minimum Gasteiger partial charge on any atom is -0.492 e. The fourth-order valence-electron chi connectivity index (χ4n) is 2.84. The molecule has 0 atom stereocenters. The molecule has 0 bridgehead atoms. The van der Waals surface area contributed by atoms with Gasteiger partial charge in [-0.25, -0.2) is 9.78 Å². The quantitative estimate of drug-likeness (QED) is 0.529. The number of amides is 1. The number of carbonyl (C=O) groups is 1. The van der Waals surface area contributed by atoms with Crippen molar-refractivity contribution in [3.63, 3.8) is 0 Å². The first-order valence-corrected chi connectivity index (χ1v) is 7.65. The van der Waals surface area contributed by atoms with Crippen LogP contribution in [0, 0.1) is 0 Å². The number of H-pyrrole nitrogens is 1. The predicted molar refractivity (Wildman–Crippen MR) is 105 cm³/mol. The molecule has 0 radical (unpaired) electrons. The van der Waals surface area contributed by atoms with E-state index in [0.717, 1.165) is 41.0 Å². The Morgan fingerprint density at radius 2 is 1.92 bits per heavy atom. The molecule has 7 nitrogen and oxygen atoms in total. The molecule has 2 heterocycles. The maximum Gasteiger partial charge on any atom is 0.411 e. The van der Waals surface area contributed by atoms with Gasteiger partial charge in [-0.05, 0) is 35.4 Å². The molecule has 26 heavy (non-hydrogen) atoms. The molecule has 1 aromatic heterocycles. The maximum absolute atomic E-state index is 10.7. The van der Waals surface area contributed by atoms with Crippen LogP contribution in [-0.2, 0) is 6.54 Å². The predicted octanol–water partition coefficient (Wildman–Crippen LogP) is 3.65. The maximum atomic E-state index is 10.7. The van der Waals surface area contributed by atoms with Crippen molar-refractivity contribution < 1.29 is 14.6 Å². The Kier molecular flexibility index (Phi) is 6.31. The smallest absolute Gasteiger partial charge is 0.411 e. The van der Waals surface area contributed by atoms with Gasteiger partial charge >= 0.3 is 6.09 Å². The average Bonchev–Trinajstić information content (AvgIpc) is 2.80. The lowest BCUT2D eigenvalue weighted by Crippen LogP contribution is -2.16. The van der Waals surface area contributed by atoms with Gasteiger partial charge in [0.25, 0.3) is 0 Å². The van der Waals surface area contributed by atoms with Crippen LogP contribution in [0.25, 0.3) is 22.2 Å². The number of anilines is 1. The summed E-state index contributed by atoms with van der Waals surface area (Å²) in [6.07, 6.45) is -1.15. The van der Waals surface area contributed by atoms with Gasteiger partial charge in [0.05, 0.1) is 11.0 Å². The molecule has 0 aliphatic carbocycles. The Hall–Kier alpha value is -2.48. The van der Waals surface area contributed by atoms with E-state index in [1.165, 1.54) is 0 Å². The molecule has 0 unspecified atom stereocenters. The zero-order chi connectivity index (χ0) is 16.5. The van der Waals surface area contributed by atoms with Gasteiger partial charge in [-0.3, -0.25) is 5.32 Å². The lowest BCUT2D eigenvalue weighted by Gasteiger charge is -2.09. The van der Waals surface area contributed by atoms with E-state index in [-0.39, 0.29) is 30.8 Å². The Labute approximate surface area is 162 Å². The zero-order valence-corrected chi connectivity index (χ0v) is 15.2. The number of hydrogen-bond donors (Lipinski definition) is 4. The van der Waals surface area contributed by atoms with E-state index >= 15 is 0 Å². The van der Waals surface area contributed by atoms with Crippen molar-refractivity contribution in [1.29, 1.82) is 0 Å². The van der Waals surface area contributed by atoms with Gasteiger partial charge in [0, 0.05) is 18.7 Å². The Balaban J connectivity index is 0.00000121. The fraction of sp³-hybridized carbons (Fsp3) is 0.176. The summed E-state index contributed by atoms with van der Waals surface area (Å²) in [5.74, 6) is 1.13. The summed E-state index contributed by atoms with van der Waals surface area (Å²) in [5.41, 5.74) is 4.72. The number of fused-ring (bicyclic) bond motifs is 2. The van der Waals surface area contributed by atoms with Crippen LogP contribution in [0.2, 0.25) is 0 Å². The van der Waals surface area contributed by atoms with Crippen molar-refractivity contribution in [3.05, 3.63) is 42.0 Å². The van der Waals surface area contributed by atoms with E-state index in [1.54, 1.807) is 0 Å². The topological polar surface area (TPSA) is 99.3 Å². The summed E-state index contributed by atoms with van der Waals surface area (Å²) in [6, 6.07) is 11.9. The molecule has 3 aromatic rings. The number of nitrogens with one attached hydrogen (secondary N) is 3. The Morgan fingerprint density at radius 1 is 1.15 bits per heavy atom. The van der Waals surface area contributed by atoms with Crippen molar-refractivity contribution in [2.45, 2.75) is 6.54 Å². The second kappa shape index (κ2) is 8.27. The van der Waals surface area contributed by atoms with E-state index in [0.29, 0.717) is 12.1 Å². The molecule has 4 N–H and O–H groups in total. The van der Waals surface area contributed by atoms with Gasteiger partial charge in [0.15, 0.2) is 0 Å². The van der Waals surface area contributed by atoms with Gasteiger partial charge in [-0.1, -0.05) is 12.1 Å². The average molecular weight is 397 g/mol. The van der Waals surface area contributed by atoms with Crippen LogP contribution in [0.4, 0.5) is 10.7 Å². The molecule has 0 spiro atoms. The van der Waals surface area contributed by atoms with Crippen molar-refractivity contribution in [3.8, 4) is 16.9 Å². The molecule has 0 saturated carbocycles. The third-order valence-electron chi connectivity index (χ3n) is 3.95. The number of aromatic nitrogens is 2. The van der Waals surface area contributed by atoms with Gasteiger partial charge in [-0.2, -0.15) is 0 Å². The van der Waals surface area contributed by atoms with Crippen molar-refractivity contribution >= 4 is 47.9 Å². The molecular weight excluding hydrogens is 379 g/mol. The van der Waals surface area contributed by atoms with E-state index in [9.17, 15) is 4.79 Å². The van der Waals surface area contributed by atoms with Crippen molar-refractivity contribution in [2.75, 3.05) is 18.5 Å². The standard InChI is InChI=1S/C17H16N4O3.2ClH/c22-17(23)21-16-19-13-3-1-11(8-14(13)20-16)10-2-4-15-12(7-10)9-18-5-6-24-15;;/h1-4,7-8,18H,5-6,9H2,(H,22,23)(H2,19,20,21);2*1H. The summed E-state index contributed by atoms with van der Waals surface area (Å²) in [7, 11) is 0. The Morgan fingerprint density at radius 3 is 2.73 bits per heavy atom. The first-order chi connectivity index (χ1) is 11.7. The molecule has 1 amide bonds. The first-order valence-electron chi connectivity index (χ1n) is 7.65. The second-order valence-corrected chi connectivity index (χ2v) is 5.60. The van der Waals surface area contributed by atoms with Crippen LogP contribution in [0.15, 0.2) is 36.4 Å². The SMILES string of the molecule is Cl.Cl.O=C(O)Nc1nc2ccc(-c3ccc4c(c3)CNCCO4)cc2[nH]1. The first kappa shape index (κ1) is 19.8. The fourth-order valence-corrected chi connectivity index (χ4v) is 2.84. The van der Waals surface area contributed by atoms with E-state index in [1.807, 2.05) is 30.3 Å².